The molecule has 0 unspecified atom stereocenters. The summed E-state index contributed by atoms with van der Waals surface area (Å²) in [6.07, 6.45) is 1.48. The van der Waals surface area contributed by atoms with Gasteiger partial charge in [-0.05, 0) is 48.9 Å². The van der Waals surface area contributed by atoms with Gasteiger partial charge in [0, 0.05) is 9.50 Å². The summed E-state index contributed by atoms with van der Waals surface area (Å²) in [5.41, 5.74) is 0.930. The van der Waals surface area contributed by atoms with Crippen LogP contribution in [0.1, 0.15) is 12.5 Å². The van der Waals surface area contributed by atoms with Crippen molar-refractivity contribution < 1.29 is 29.0 Å². The maximum absolute atomic E-state index is 12.8. The van der Waals surface area contributed by atoms with Crippen LogP contribution in [-0.4, -0.2) is 36.2 Å². The molecule has 3 amide bonds. The third-order valence-electron chi connectivity index (χ3n) is 3.96. The number of nitrogens with one attached hydrogen (secondary N) is 1. The number of imide groups is 1. The number of amides is 3. The summed E-state index contributed by atoms with van der Waals surface area (Å²) in [5.74, 6) is -1.13. The van der Waals surface area contributed by atoms with E-state index in [1.165, 1.54) is 18.2 Å². The second-order valence-corrected chi connectivity index (χ2v) is 7.34. The van der Waals surface area contributed by atoms with Crippen molar-refractivity contribution in [3.63, 3.8) is 0 Å². The average molecular weight is 496 g/mol. The summed E-state index contributed by atoms with van der Waals surface area (Å²) in [6.45, 7) is 1.56. The second-order valence-electron chi connectivity index (χ2n) is 6.04. The number of rotatable bonds is 7. The Balaban J connectivity index is 1.94. The van der Waals surface area contributed by atoms with E-state index in [2.05, 4.69) is 21.2 Å². The van der Waals surface area contributed by atoms with Gasteiger partial charge in [-0.1, -0.05) is 33.6 Å². The molecular weight excluding hydrogens is 480 g/mol. The van der Waals surface area contributed by atoms with E-state index in [0.29, 0.717) is 33.1 Å². The van der Waals surface area contributed by atoms with E-state index in [0.717, 1.165) is 4.90 Å². The summed E-state index contributed by atoms with van der Waals surface area (Å²) in [7, 11) is 0. The highest BCUT2D eigenvalue weighted by Gasteiger charge is 2.35. The molecule has 0 aliphatic carbocycles. The van der Waals surface area contributed by atoms with E-state index in [4.69, 9.17) is 26.2 Å². The molecule has 0 bridgehead atoms. The predicted molar refractivity (Wildman–Crippen MR) is 114 cm³/mol. The Kier molecular flexibility index (Phi) is 6.63. The summed E-state index contributed by atoms with van der Waals surface area (Å²) < 4.78 is 11.3. The highest BCUT2D eigenvalue weighted by Crippen LogP contribution is 2.35. The minimum Gasteiger partial charge on any atom is -0.490 e. The van der Waals surface area contributed by atoms with Gasteiger partial charge in [-0.25, -0.2) is 14.5 Å². The average Bonchev–Trinajstić information content (AvgIpc) is 2.96. The van der Waals surface area contributed by atoms with Crippen LogP contribution >= 0.6 is 27.5 Å². The first kappa shape index (κ1) is 21.7. The first-order valence-electron chi connectivity index (χ1n) is 8.73. The Morgan fingerprint density at radius 3 is 2.63 bits per heavy atom. The Bertz CT molecular complexity index is 1060. The number of benzene rings is 2. The van der Waals surface area contributed by atoms with Crippen LogP contribution in [0.15, 0.2) is 46.6 Å². The molecule has 8 nitrogen and oxygen atoms in total. The fourth-order valence-corrected chi connectivity index (χ4v) is 3.34. The van der Waals surface area contributed by atoms with Crippen molar-refractivity contribution in [3.05, 3.63) is 57.2 Å². The highest BCUT2D eigenvalue weighted by atomic mass is 79.9. The molecule has 1 aliphatic heterocycles. The molecule has 3 rings (SSSR count). The summed E-state index contributed by atoms with van der Waals surface area (Å²) in [5, 5.41) is 11.8. The van der Waals surface area contributed by atoms with Crippen LogP contribution in [0, 0.1) is 0 Å². The van der Waals surface area contributed by atoms with Gasteiger partial charge in [0.2, 0.25) is 0 Å². The van der Waals surface area contributed by atoms with Crippen LogP contribution in [0.2, 0.25) is 5.02 Å². The van der Waals surface area contributed by atoms with Crippen molar-refractivity contribution in [2.75, 3.05) is 18.1 Å². The van der Waals surface area contributed by atoms with E-state index in [-0.39, 0.29) is 11.4 Å². The third-order valence-corrected chi connectivity index (χ3v) is 4.88. The molecular formula is C20H16BrClN2O6. The van der Waals surface area contributed by atoms with Crippen molar-refractivity contribution in [1.29, 1.82) is 0 Å². The van der Waals surface area contributed by atoms with E-state index >= 15 is 0 Å². The number of hydrogen-bond donors (Lipinski definition) is 2. The van der Waals surface area contributed by atoms with Crippen LogP contribution < -0.4 is 19.7 Å². The summed E-state index contributed by atoms with van der Waals surface area (Å²) >= 11 is 9.33. The maximum atomic E-state index is 12.8. The SMILES string of the molecule is CCOc1cc(/C=C2/NC(=O)N(c3cccc(Cl)c3)C2=O)c(Br)cc1OCC(=O)O. The largest absolute Gasteiger partial charge is 0.490 e. The van der Waals surface area contributed by atoms with Crippen molar-refractivity contribution in [3.8, 4) is 11.5 Å². The number of hydrogen-bond acceptors (Lipinski definition) is 5. The number of nitrogens with zero attached hydrogens (tertiary/aromatic N) is 1. The van der Waals surface area contributed by atoms with Crippen molar-refractivity contribution >= 4 is 57.2 Å². The van der Waals surface area contributed by atoms with E-state index in [1.807, 2.05) is 0 Å². The van der Waals surface area contributed by atoms with Crippen LogP contribution in [0.5, 0.6) is 11.5 Å². The maximum Gasteiger partial charge on any atom is 0.341 e. The van der Waals surface area contributed by atoms with E-state index in [1.54, 1.807) is 31.2 Å². The number of halogens is 2. The molecule has 1 aliphatic rings. The molecule has 0 spiro atoms. The minimum absolute atomic E-state index is 0.0577. The zero-order chi connectivity index (χ0) is 21.8. The van der Waals surface area contributed by atoms with Gasteiger partial charge in [-0.3, -0.25) is 4.79 Å². The molecule has 0 aromatic heterocycles. The molecule has 10 heteroatoms. The molecule has 0 radical (unpaired) electrons. The molecule has 2 aromatic rings. The molecule has 1 fully saturated rings. The molecule has 30 heavy (non-hydrogen) atoms. The van der Waals surface area contributed by atoms with Gasteiger partial charge >= 0.3 is 12.0 Å². The van der Waals surface area contributed by atoms with Crippen LogP contribution in [0.3, 0.4) is 0 Å². The smallest absolute Gasteiger partial charge is 0.341 e. The molecule has 0 saturated carbocycles. The number of aliphatic carboxylic acids is 1. The molecule has 156 valence electrons. The number of ether oxygens (including phenoxy) is 2. The lowest BCUT2D eigenvalue weighted by Gasteiger charge is -2.13. The molecule has 1 saturated heterocycles. The van der Waals surface area contributed by atoms with Gasteiger partial charge in [0.1, 0.15) is 5.70 Å². The van der Waals surface area contributed by atoms with E-state index < -0.39 is 24.5 Å². The van der Waals surface area contributed by atoms with Gasteiger partial charge in [0.25, 0.3) is 5.91 Å². The van der Waals surface area contributed by atoms with Gasteiger partial charge < -0.3 is 19.9 Å². The number of carboxylic acids is 1. The minimum atomic E-state index is -1.12. The number of carbonyl (C=O) groups is 3. The predicted octanol–water partition coefficient (Wildman–Crippen LogP) is 4.06. The Hall–Kier alpha value is -3.04. The fraction of sp³-hybridized carbons (Fsp3) is 0.150. The normalized spacial score (nSPS) is 14.8. The van der Waals surface area contributed by atoms with Crippen LogP contribution in [0.25, 0.3) is 6.08 Å². The molecule has 1 heterocycles. The number of carboxylic acid groups (broad SMARTS) is 1. The van der Waals surface area contributed by atoms with Gasteiger partial charge in [-0.2, -0.15) is 0 Å². The quantitative estimate of drug-likeness (QED) is 0.443. The zero-order valence-corrected chi connectivity index (χ0v) is 18.0. The number of anilines is 1. The standard InChI is InChI=1S/C20H16BrClN2O6/c1-2-29-16-7-11(14(21)9-17(16)30-10-18(25)26)6-15-19(27)24(20(28)23-15)13-5-3-4-12(22)8-13/h3-9H,2,10H2,1H3,(H,23,28)(H,25,26)/b15-6+. The fourth-order valence-electron chi connectivity index (χ4n) is 2.72. The first-order valence-corrected chi connectivity index (χ1v) is 9.91. The Morgan fingerprint density at radius 2 is 1.97 bits per heavy atom. The van der Waals surface area contributed by atoms with Gasteiger partial charge in [0.15, 0.2) is 18.1 Å². The monoisotopic (exact) mass is 494 g/mol. The first-order chi connectivity index (χ1) is 14.3. The lowest BCUT2D eigenvalue weighted by atomic mass is 10.1. The highest BCUT2D eigenvalue weighted by molar-refractivity contribution is 9.10. The second kappa shape index (κ2) is 9.19. The van der Waals surface area contributed by atoms with Crippen molar-refractivity contribution in [1.82, 2.24) is 5.32 Å². The van der Waals surface area contributed by atoms with E-state index in [9.17, 15) is 14.4 Å². The summed E-state index contributed by atoms with van der Waals surface area (Å²) in [6, 6.07) is 8.91. The Morgan fingerprint density at radius 1 is 1.23 bits per heavy atom. The number of carbonyl (C=O) groups excluding carboxylic acids is 2. The lowest BCUT2D eigenvalue weighted by Crippen LogP contribution is -2.30. The van der Waals surface area contributed by atoms with Gasteiger partial charge in [0.05, 0.1) is 12.3 Å². The zero-order valence-electron chi connectivity index (χ0n) is 15.6. The molecule has 0 atom stereocenters. The number of urea groups is 1. The van der Waals surface area contributed by atoms with Gasteiger partial charge in [-0.15, -0.1) is 0 Å². The molecule has 2 N–H and O–H groups in total. The van der Waals surface area contributed by atoms with Crippen molar-refractivity contribution in [2.45, 2.75) is 6.92 Å². The van der Waals surface area contributed by atoms with Crippen LogP contribution in [0.4, 0.5) is 10.5 Å². The molecule has 2 aromatic carbocycles. The van der Waals surface area contributed by atoms with Crippen molar-refractivity contribution in [2.24, 2.45) is 0 Å². The van der Waals surface area contributed by atoms with Crippen LogP contribution in [-0.2, 0) is 9.59 Å². The summed E-state index contributed by atoms with van der Waals surface area (Å²) in [4.78, 5) is 36.9. The Labute approximate surface area is 185 Å². The lowest BCUT2D eigenvalue weighted by molar-refractivity contribution is -0.139. The topological polar surface area (TPSA) is 105 Å². The third kappa shape index (κ3) is 4.74.